The third kappa shape index (κ3) is 3.56. The van der Waals surface area contributed by atoms with Gasteiger partial charge >= 0.3 is 26.2 Å². The van der Waals surface area contributed by atoms with E-state index >= 15 is 0 Å². The molecule has 0 N–H and O–H groups in total. The van der Waals surface area contributed by atoms with Gasteiger partial charge in [-0.3, -0.25) is 0 Å². The molecule has 0 spiro atoms. The SMILES string of the molecule is CC1=C2c3ccsc3C1[Si]2(C)C.Cc1cc2ccccc2[cH-]1.[Cl-].[Cl-].[Zr+3]. The van der Waals surface area contributed by atoms with Crippen LogP contribution in [0, 0.1) is 6.92 Å². The summed E-state index contributed by atoms with van der Waals surface area (Å²) in [6.07, 6.45) is 0. The first-order valence-corrected chi connectivity index (χ1v) is 11.9. The van der Waals surface area contributed by atoms with Crippen LogP contribution in [-0.2, 0) is 26.2 Å². The molecule has 2 bridgehead atoms. The van der Waals surface area contributed by atoms with Crippen LogP contribution in [0.15, 0.2) is 53.4 Å². The van der Waals surface area contributed by atoms with E-state index in [2.05, 4.69) is 74.8 Å². The number of rotatable bonds is 0. The Balaban J connectivity index is 0.000000226. The molecular weight excluding hydrogens is 463 g/mol. The normalized spacial score (nSPS) is 18.0. The summed E-state index contributed by atoms with van der Waals surface area (Å²) < 4.78 is 0. The van der Waals surface area contributed by atoms with Crippen molar-refractivity contribution in [3.8, 4) is 0 Å². The Morgan fingerprint density at radius 3 is 2.32 bits per heavy atom. The van der Waals surface area contributed by atoms with E-state index in [9.17, 15) is 0 Å². The molecule has 2 aromatic carbocycles. The second kappa shape index (κ2) is 8.31. The van der Waals surface area contributed by atoms with Gasteiger partial charge in [-0.2, -0.15) is 6.07 Å². The quantitative estimate of drug-likeness (QED) is 0.319. The summed E-state index contributed by atoms with van der Waals surface area (Å²) in [5.41, 5.74) is 5.54. The van der Waals surface area contributed by atoms with Gasteiger partial charge in [-0.05, 0) is 23.9 Å². The van der Waals surface area contributed by atoms with Crippen molar-refractivity contribution < 1.29 is 51.0 Å². The number of allylic oxidation sites excluding steroid dienone is 1. The van der Waals surface area contributed by atoms with Crippen LogP contribution >= 0.6 is 11.3 Å². The Kier molecular flexibility index (Phi) is 7.65. The van der Waals surface area contributed by atoms with Crippen LogP contribution in [0.2, 0.25) is 13.1 Å². The first-order valence-electron chi connectivity index (χ1n) is 7.91. The van der Waals surface area contributed by atoms with Gasteiger partial charge in [0, 0.05) is 10.4 Å². The number of fused-ring (bicyclic) bond motifs is 1. The fraction of sp³-hybridized carbons (Fsp3) is 0.250. The summed E-state index contributed by atoms with van der Waals surface area (Å²) >= 11 is 1.96. The third-order valence-corrected chi connectivity index (χ3v) is 10.5. The molecular formula is C20H21Cl2SSiZr. The van der Waals surface area contributed by atoms with Crippen molar-refractivity contribution in [1.82, 2.24) is 0 Å². The van der Waals surface area contributed by atoms with E-state index in [1.165, 1.54) is 16.3 Å². The third-order valence-electron chi connectivity index (χ3n) is 5.18. The first kappa shape index (κ1) is 23.0. The molecule has 0 amide bonds. The number of thiophene rings is 1. The molecule has 5 heteroatoms. The number of hydrogen-bond acceptors (Lipinski definition) is 1. The standard InChI is InChI=1S/C10H12SSi.C10H9.2ClH.Zr/c1-6-9-7-4-5-11-8(7)10(6)12(9,2)3;1-8-6-9-4-2-3-5-10(9)7-8;;;/h4-5,10H,1-3H3;2-7H,1H3;2*1H;/q;-1;;;+3/p-2. The molecule has 1 aliphatic carbocycles. The van der Waals surface area contributed by atoms with Gasteiger partial charge in [0.25, 0.3) is 0 Å². The van der Waals surface area contributed by atoms with E-state index < -0.39 is 8.07 Å². The number of aryl methyl sites for hydroxylation is 1. The molecule has 0 saturated carbocycles. The minimum atomic E-state index is -0.972. The number of hydrogen-bond donors (Lipinski definition) is 0. The predicted molar refractivity (Wildman–Crippen MR) is 101 cm³/mol. The van der Waals surface area contributed by atoms with Gasteiger partial charge in [0.05, 0.1) is 8.07 Å². The molecule has 3 aliphatic rings. The Hall–Kier alpha value is -0.0500. The maximum atomic E-state index is 2.51. The number of benzene rings is 1. The van der Waals surface area contributed by atoms with Gasteiger partial charge in [-0.25, -0.2) is 0 Å². The first-order chi connectivity index (χ1) is 10.5. The zero-order valence-electron chi connectivity index (χ0n) is 14.9. The Labute approximate surface area is 187 Å². The van der Waals surface area contributed by atoms with Gasteiger partial charge in [0.15, 0.2) is 0 Å². The Bertz CT molecular complexity index is 874. The van der Waals surface area contributed by atoms with Crippen molar-refractivity contribution in [2.24, 2.45) is 0 Å². The summed E-state index contributed by atoms with van der Waals surface area (Å²) in [5.74, 6) is 0. The molecule has 6 rings (SSSR count). The summed E-state index contributed by atoms with van der Waals surface area (Å²) in [6, 6.07) is 15.2. The summed E-state index contributed by atoms with van der Waals surface area (Å²) in [4.78, 5) is 1.68. The summed E-state index contributed by atoms with van der Waals surface area (Å²) in [5, 5.41) is 6.71. The van der Waals surface area contributed by atoms with E-state index in [1.54, 1.807) is 21.2 Å². The van der Waals surface area contributed by atoms with E-state index in [-0.39, 0.29) is 51.0 Å². The Morgan fingerprint density at radius 1 is 1.04 bits per heavy atom. The maximum absolute atomic E-state index is 2.51. The van der Waals surface area contributed by atoms with Crippen molar-refractivity contribution >= 4 is 35.4 Å². The molecule has 2 aliphatic heterocycles. The van der Waals surface area contributed by atoms with Gasteiger partial charge in [-0.1, -0.05) is 36.9 Å². The largest absolute Gasteiger partial charge is 3.00 e. The van der Waals surface area contributed by atoms with Gasteiger partial charge in [0.1, 0.15) is 0 Å². The van der Waals surface area contributed by atoms with Crippen LogP contribution in [0.4, 0.5) is 0 Å². The van der Waals surface area contributed by atoms with Gasteiger partial charge in [-0.15, -0.1) is 51.9 Å². The molecule has 1 atom stereocenters. The van der Waals surface area contributed by atoms with E-state index in [0.717, 1.165) is 5.54 Å². The minimum absolute atomic E-state index is 0. The van der Waals surface area contributed by atoms with Crippen molar-refractivity contribution in [3.05, 3.63) is 69.4 Å². The average molecular weight is 484 g/mol. The second-order valence-corrected chi connectivity index (χ2v) is 12.5. The molecule has 1 radical (unpaired) electrons. The molecule has 25 heavy (non-hydrogen) atoms. The van der Waals surface area contributed by atoms with Crippen LogP contribution in [-0.4, -0.2) is 8.07 Å². The molecule has 0 fully saturated rings. The van der Waals surface area contributed by atoms with Crippen LogP contribution in [0.1, 0.15) is 28.5 Å². The van der Waals surface area contributed by atoms with E-state index in [0.29, 0.717) is 0 Å². The molecule has 129 valence electrons. The summed E-state index contributed by atoms with van der Waals surface area (Å²) in [7, 11) is -0.972. The van der Waals surface area contributed by atoms with Crippen LogP contribution < -0.4 is 24.8 Å². The van der Waals surface area contributed by atoms with Crippen LogP contribution in [0.25, 0.3) is 16.0 Å². The molecule has 1 unspecified atom stereocenters. The average Bonchev–Trinajstić information content (AvgIpc) is 3.13. The van der Waals surface area contributed by atoms with Crippen molar-refractivity contribution in [1.29, 1.82) is 0 Å². The van der Waals surface area contributed by atoms with E-state index in [1.807, 2.05) is 11.3 Å². The van der Waals surface area contributed by atoms with Crippen molar-refractivity contribution in [3.63, 3.8) is 0 Å². The monoisotopic (exact) mass is 481 g/mol. The molecule has 0 saturated heterocycles. The fourth-order valence-corrected chi connectivity index (χ4v) is 10.7. The number of halogens is 2. The molecule has 3 heterocycles. The van der Waals surface area contributed by atoms with Crippen molar-refractivity contribution in [2.75, 3.05) is 0 Å². The predicted octanol–water partition coefficient (Wildman–Crippen LogP) is 0.292. The van der Waals surface area contributed by atoms with Crippen LogP contribution in [0.5, 0.6) is 0 Å². The smallest absolute Gasteiger partial charge is 1.00 e. The topological polar surface area (TPSA) is 0 Å². The van der Waals surface area contributed by atoms with Gasteiger partial charge < -0.3 is 24.8 Å². The van der Waals surface area contributed by atoms with Gasteiger partial charge in [0.2, 0.25) is 0 Å². The van der Waals surface area contributed by atoms with Crippen LogP contribution in [0.3, 0.4) is 0 Å². The minimum Gasteiger partial charge on any atom is -1.00 e. The maximum Gasteiger partial charge on any atom is 3.00 e. The second-order valence-electron chi connectivity index (χ2n) is 7.07. The fourth-order valence-electron chi connectivity index (χ4n) is 4.40. The van der Waals surface area contributed by atoms with E-state index in [4.69, 9.17) is 0 Å². The zero-order chi connectivity index (χ0) is 15.5. The van der Waals surface area contributed by atoms with Crippen molar-refractivity contribution in [2.45, 2.75) is 32.5 Å². The Morgan fingerprint density at radius 2 is 1.72 bits per heavy atom. The summed E-state index contributed by atoms with van der Waals surface area (Å²) in [6.45, 7) is 9.46. The molecule has 1 aromatic heterocycles. The molecule has 3 aromatic rings. The zero-order valence-corrected chi connectivity index (χ0v) is 20.6. The molecule has 0 nitrogen and oxygen atoms in total.